The molecule has 3 rings (SSSR count). The number of fused-ring (bicyclic) bond motifs is 1. The number of esters is 2. The number of nitrogens with zero attached hydrogens (tertiary/aromatic N) is 2. The Labute approximate surface area is 161 Å². The lowest BCUT2D eigenvalue weighted by Crippen LogP contribution is -2.14. The van der Waals surface area contributed by atoms with Gasteiger partial charge in [0.2, 0.25) is 5.88 Å². The van der Waals surface area contributed by atoms with Crippen LogP contribution in [0, 0.1) is 13.8 Å². The molecule has 146 valence electrons. The van der Waals surface area contributed by atoms with Gasteiger partial charge in [0.1, 0.15) is 16.9 Å². The molecular weight excluding hydrogens is 362 g/mol. The van der Waals surface area contributed by atoms with Crippen molar-refractivity contribution in [1.29, 1.82) is 0 Å². The third-order valence-corrected chi connectivity index (χ3v) is 4.02. The molecule has 0 spiro atoms. The summed E-state index contributed by atoms with van der Waals surface area (Å²) in [5, 5.41) is 2.98. The smallest absolute Gasteiger partial charge is 0.344 e. The first-order valence-corrected chi connectivity index (χ1v) is 8.94. The zero-order valence-corrected chi connectivity index (χ0v) is 16.2. The summed E-state index contributed by atoms with van der Waals surface area (Å²) in [4.78, 5) is 33.9. The van der Waals surface area contributed by atoms with E-state index in [4.69, 9.17) is 13.9 Å². The molecule has 0 aliphatic heterocycles. The molecule has 1 N–H and O–H groups in total. The van der Waals surface area contributed by atoms with Crippen LogP contribution in [0.25, 0.3) is 11.0 Å². The number of anilines is 2. The van der Waals surface area contributed by atoms with E-state index in [0.717, 1.165) is 5.52 Å². The number of carbonyl (C=O) groups excluding carboxylic acids is 2. The number of hydrogen-bond donors (Lipinski definition) is 1. The van der Waals surface area contributed by atoms with Crippen molar-refractivity contribution in [2.24, 2.45) is 0 Å². The second-order valence-electron chi connectivity index (χ2n) is 5.95. The molecule has 0 bridgehead atoms. The number of carbonyl (C=O) groups is 2. The van der Waals surface area contributed by atoms with Gasteiger partial charge < -0.3 is 19.2 Å². The summed E-state index contributed by atoms with van der Waals surface area (Å²) in [5.41, 5.74) is 2.06. The van der Waals surface area contributed by atoms with Gasteiger partial charge in [0.05, 0.1) is 29.9 Å². The number of rotatable bonds is 6. The maximum atomic E-state index is 12.5. The van der Waals surface area contributed by atoms with E-state index in [-0.39, 0.29) is 36.0 Å². The molecular formula is C20H21N3O5. The van der Waals surface area contributed by atoms with Crippen LogP contribution in [0.2, 0.25) is 0 Å². The summed E-state index contributed by atoms with van der Waals surface area (Å²) >= 11 is 0. The van der Waals surface area contributed by atoms with E-state index in [1.165, 1.54) is 0 Å². The third-order valence-electron chi connectivity index (χ3n) is 4.02. The SMILES string of the molecule is CCOC(=O)c1c(C)oc(Nc2nc3ccccc3nc2C)c1C(=O)OCC. The average Bonchev–Trinajstić information content (AvgIpc) is 2.98. The largest absolute Gasteiger partial charge is 0.462 e. The number of furan rings is 1. The van der Waals surface area contributed by atoms with Crippen LogP contribution in [0.15, 0.2) is 28.7 Å². The van der Waals surface area contributed by atoms with Crippen LogP contribution in [0.4, 0.5) is 11.7 Å². The van der Waals surface area contributed by atoms with E-state index in [1.54, 1.807) is 27.7 Å². The second-order valence-corrected chi connectivity index (χ2v) is 5.95. The van der Waals surface area contributed by atoms with Crippen molar-refractivity contribution < 1.29 is 23.5 Å². The molecule has 1 aromatic carbocycles. The Morgan fingerprint density at radius 1 is 0.964 bits per heavy atom. The van der Waals surface area contributed by atoms with Gasteiger partial charge in [-0.3, -0.25) is 0 Å². The topological polar surface area (TPSA) is 104 Å². The van der Waals surface area contributed by atoms with Crippen molar-refractivity contribution in [2.75, 3.05) is 18.5 Å². The molecule has 0 aliphatic carbocycles. The van der Waals surface area contributed by atoms with E-state index >= 15 is 0 Å². The summed E-state index contributed by atoms with van der Waals surface area (Å²) in [6.45, 7) is 7.06. The predicted molar refractivity (Wildman–Crippen MR) is 103 cm³/mol. The molecule has 0 unspecified atom stereocenters. The lowest BCUT2D eigenvalue weighted by molar-refractivity contribution is 0.0480. The van der Waals surface area contributed by atoms with Crippen molar-refractivity contribution in [3.8, 4) is 0 Å². The van der Waals surface area contributed by atoms with Crippen molar-refractivity contribution in [3.05, 3.63) is 46.8 Å². The summed E-state index contributed by atoms with van der Waals surface area (Å²) in [6.07, 6.45) is 0. The van der Waals surface area contributed by atoms with E-state index in [2.05, 4.69) is 15.3 Å². The number of para-hydroxylation sites is 2. The van der Waals surface area contributed by atoms with E-state index in [0.29, 0.717) is 17.0 Å². The van der Waals surface area contributed by atoms with Crippen molar-refractivity contribution in [3.63, 3.8) is 0 Å². The molecule has 2 heterocycles. The standard InChI is InChI=1S/C20H21N3O5/c1-5-26-19(24)15-12(4)28-18(16(15)20(25)27-6-2)23-17-11(3)21-13-9-7-8-10-14(13)22-17/h7-10H,5-6H2,1-4H3,(H,22,23). The van der Waals surface area contributed by atoms with E-state index in [9.17, 15) is 9.59 Å². The quantitative estimate of drug-likeness (QED) is 0.639. The number of benzene rings is 1. The van der Waals surface area contributed by atoms with Gasteiger partial charge in [0.25, 0.3) is 0 Å². The minimum atomic E-state index is -0.684. The van der Waals surface area contributed by atoms with Gasteiger partial charge >= 0.3 is 11.9 Å². The molecule has 0 radical (unpaired) electrons. The highest BCUT2D eigenvalue weighted by atomic mass is 16.5. The highest BCUT2D eigenvalue weighted by Crippen LogP contribution is 2.31. The molecule has 0 aliphatic rings. The van der Waals surface area contributed by atoms with Crippen LogP contribution in [0.1, 0.15) is 46.0 Å². The van der Waals surface area contributed by atoms with Crippen LogP contribution in [-0.4, -0.2) is 35.1 Å². The highest BCUT2D eigenvalue weighted by Gasteiger charge is 2.31. The summed E-state index contributed by atoms with van der Waals surface area (Å²) < 4.78 is 15.8. The van der Waals surface area contributed by atoms with Gasteiger partial charge in [-0.1, -0.05) is 12.1 Å². The lowest BCUT2D eigenvalue weighted by atomic mass is 10.1. The van der Waals surface area contributed by atoms with Crippen LogP contribution < -0.4 is 5.32 Å². The average molecular weight is 383 g/mol. The van der Waals surface area contributed by atoms with E-state index in [1.807, 2.05) is 24.3 Å². The molecule has 0 fully saturated rings. The van der Waals surface area contributed by atoms with Gasteiger partial charge in [-0.25, -0.2) is 19.6 Å². The predicted octanol–water partition coefficient (Wildman–Crippen LogP) is 3.94. The lowest BCUT2D eigenvalue weighted by Gasteiger charge is -2.09. The summed E-state index contributed by atoms with van der Waals surface area (Å²) in [5.74, 6) is -0.618. The first-order valence-electron chi connectivity index (χ1n) is 8.94. The van der Waals surface area contributed by atoms with Gasteiger partial charge in [-0.15, -0.1) is 0 Å². The molecule has 0 amide bonds. The number of aromatic nitrogens is 2. The van der Waals surface area contributed by atoms with Gasteiger partial charge in [-0.05, 0) is 39.8 Å². The van der Waals surface area contributed by atoms with Crippen LogP contribution in [0.3, 0.4) is 0 Å². The number of ether oxygens (including phenoxy) is 2. The minimum Gasteiger partial charge on any atom is -0.462 e. The Morgan fingerprint density at radius 2 is 1.54 bits per heavy atom. The molecule has 8 nitrogen and oxygen atoms in total. The molecule has 0 saturated heterocycles. The molecule has 0 atom stereocenters. The minimum absolute atomic E-state index is 0.0211. The highest BCUT2D eigenvalue weighted by molar-refractivity contribution is 6.07. The molecule has 3 aromatic rings. The first-order chi connectivity index (χ1) is 13.5. The van der Waals surface area contributed by atoms with Crippen molar-refractivity contribution in [1.82, 2.24) is 9.97 Å². The molecule has 28 heavy (non-hydrogen) atoms. The number of hydrogen-bond acceptors (Lipinski definition) is 8. The summed E-state index contributed by atoms with van der Waals surface area (Å²) in [6, 6.07) is 7.43. The Balaban J connectivity index is 2.09. The van der Waals surface area contributed by atoms with Crippen LogP contribution in [0.5, 0.6) is 0 Å². The Hall–Kier alpha value is -3.42. The maximum absolute atomic E-state index is 12.5. The van der Waals surface area contributed by atoms with Gasteiger partial charge in [0.15, 0.2) is 5.82 Å². The van der Waals surface area contributed by atoms with Crippen LogP contribution >= 0.6 is 0 Å². The molecule has 0 saturated carbocycles. The van der Waals surface area contributed by atoms with E-state index < -0.39 is 11.9 Å². The summed E-state index contributed by atoms with van der Waals surface area (Å²) in [7, 11) is 0. The number of aryl methyl sites for hydroxylation is 2. The molecule has 2 aromatic heterocycles. The normalized spacial score (nSPS) is 10.7. The third kappa shape index (κ3) is 3.66. The second kappa shape index (κ2) is 8.08. The van der Waals surface area contributed by atoms with Crippen molar-refractivity contribution in [2.45, 2.75) is 27.7 Å². The van der Waals surface area contributed by atoms with Gasteiger partial charge in [-0.2, -0.15) is 0 Å². The zero-order valence-electron chi connectivity index (χ0n) is 16.2. The Morgan fingerprint density at radius 3 is 2.14 bits per heavy atom. The van der Waals surface area contributed by atoms with Gasteiger partial charge in [0, 0.05) is 0 Å². The Bertz CT molecular complexity index is 1040. The Kier molecular flexibility index (Phi) is 5.58. The first kappa shape index (κ1) is 19.3. The fourth-order valence-electron chi connectivity index (χ4n) is 2.79. The zero-order chi connectivity index (χ0) is 20.3. The number of nitrogens with one attached hydrogen (secondary N) is 1. The maximum Gasteiger partial charge on any atom is 0.344 e. The molecule has 8 heteroatoms. The van der Waals surface area contributed by atoms with Crippen molar-refractivity contribution >= 4 is 34.7 Å². The fraction of sp³-hybridized carbons (Fsp3) is 0.300. The fourth-order valence-corrected chi connectivity index (χ4v) is 2.79. The van der Waals surface area contributed by atoms with Crippen LogP contribution in [-0.2, 0) is 9.47 Å². The monoisotopic (exact) mass is 383 g/mol.